The standard InChI is InChI=1S/C11H16N2O7/c1-11(8(16)7(15)6(4-14)20-11)5-3-13(19-2)10(18)12-9(5)17/h3,6-8,14-16H,4H2,1-2H3,(H,12,17,18)/t6-,7-,8-,11+/m1/s1. The highest BCUT2D eigenvalue weighted by Gasteiger charge is 2.53. The second kappa shape index (κ2) is 5.02. The first-order valence-electron chi connectivity index (χ1n) is 5.91. The molecule has 1 aromatic heterocycles. The summed E-state index contributed by atoms with van der Waals surface area (Å²) in [5.41, 5.74) is -3.22. The molecule has 20 heavy (non-hydrogen) atoms. The monoisotopic (exact) mass is 288 g/mol. The van der Waals surface area contributed by atoms with Crippen LogP contribution < -0.4 is 16.1 Å². The largest absolute Gasteiger partial charge is 0.413 e. The summed E-state index contributed by atoms with van der Waals surface area (Å²) in [5.74, 6) is 0. The number of aliphatic hydroxyl groups excluding tert-OH is 3. The Hall–Kier alpha value is -1.68. The summed E-state index contributed by atoms with van der Waals surface area (Å²) < 4.78 is 6.15. The summed E-state index contributed by atoms with van der Waals surface area (Å²) in [6, 6.07) is 0. The number of rotatable bonds is 3. The van der Waals surface area contributed by atoms with Crippen molar-refractivity contribution in [1.82, 2.24) is 9.71 Å². The molecule has 1 aliphatic rings. The van der Waals surface area contributed by atoms with Gasteiger partial charge in [0.2, 0.25) is 0 Å². The van der Waals surface area contributed by atoms with Crippen molar-refractivity contribution in [3.8, 4) is 0 Å². The molecule has 1 aliphatic heterocycles. The Morgan fingerprint density at radius 2 is 2.15 bits per heavy atom. The average Bonchev–Trinajstić information content (AvgIpc) is 2.64. The second-order valence-electron chi connectivity index (χ2n) is 4.69. The van der Waals surface area contributed by atoms with E-state index < -0.39 is 41.8 Å². The maximum atomic E-state index is 11.9. The van der Waals surface area contributed by atoms with Crippen LogP contribution in [0.15, 0.2) is 15.8 Å². The fourth-order valence-corrected chi connectivity index (χ4v) is 2.29. The van der Waals surface area contributed by atoms with Gasteiger partial charge in [0.25, 0.3) is 5.56 Å². The van der Waals surface area contributed by atoms with Crippen LogP contribution in [0.3, 0.4) is 0 Å². The van der Waals surface area contributed by atoms with Gasteiger partial charge >= 0.3 is 5.69 Å². The molecule has 0 spiro atoms. The van der Waals surface area contributed by atoms with Gasteiger partial charge in [0.1, 0.15) is 31.0 Å². The SMILES string of the molecule is COn1cc([C@]2(C)O[C@H](CO)[C@@H](O)[C@H]2O)c(=O)[nH]c1=O. The fraction of sp³-hybridized carbons (Fsp3) is 0.636. The van der Waals surface area contributed by atoms with Crippen LogP contribution in [0, 0.1) is 0 Å². The van der Waals surface area contributed by atoms with Crippen molar-refractivity contribution in [2.24, 2.45) is 0 Å². The van der Waals surface area contributed by atoms with E-state index in [9.17, 15) is 19.8 Å². The topological polar surface area (TPSA) is 134 Å². The lowest BCUT2D eigenvalue weighted by Gasteiger charge is -2.27. The van der Waals surface area contributed by atoms with Crippen LogP contribution in [0.1, 0.15) is 12.5 Å². The molecule has 0 saturated carbocycles. The number of H-pyrrole nitrogens is 1. The molecule has 9 heteroatoms. The van der Waals surface area contributed by atoms with E-state index in [1.807, 2.05) is 4.98 Å². The molecule has 0 unspecified atom stereocenters. The van der Waals surface area contributed by atoms with E-state index in [1.54, 1.807) is 0 Å². The summed E-state index contributed by atoms with van der Waals surface area (Å²) in [7, 11) is 1.23. The first-order chi connectivity index (χ1) is 9.35. The molecule has 112 valence electrons. The van der Waals surface area contributed by atoms with Gasteiger partial charge in [-0.25, -0.2) is 4.79 Å². The van der Waals surface area contributed by atoms with Crippen LogP contribution >= 0.6 is 0 Å². The lowest BCUT2D eigenvalue weighted by atomic mass is 9.90. The quantitative estimate of drug-likeness (QED) is 0.463. The van der Waals surface area contributed by atoms with E-state index in [0.29, 0.717) is 0 Å². The van der Waals surface area contributed by atoms with E-state index in [4.69, 9.17) is 14.7 Å². The number of hydrogen-bond donors (Lipinski definition) is 4. The molecule has 1 aromatic rings. The minimum atomic E-state index is -1.58. The van der Waals surface area contributed by atoms with Gasteiger partial charge < -0.3 is 24.9 Å². The predicted molar refractivity (Wildman–Crippen MR) is 65.2 cm³/mol. The van der Waals surface area contributed by atoms with E-state index in [2.05, 4.69) is 0 Å². The normalized spacial score (nSPS) is 33.4. The summed E-state index contributed by atoms with van der Waals surface area (Å²) in [5, 5.41) is 28.9. The Morgan fingerprint density at radius 3 is 2.65 bits per heavy atom. The zero-order chi connectivity index (χ0) is 15.1. The first-order valence-corrected chi connectivity index (χ1v) is 5.91. The lowest BCUT2D eigenvalue weighted by molar-refractivity contribution is -0.0875. The summed E-state index contributed by atoms with van der Waals surface area (Å²) in [6.07, 6.45) is -2.75. The molecule has 9 nitrogen and oxygen atoms in total. The van der Waals surface area contributed by atoms with Crippen molar-refractivity contribution in [3.63, 3.8) is 0 Å². The second-order valence-corrected chi connectivity index (χ2v) is 4.69. The van der Waals surface area contributed by atoms with Gasteiger partial charge in [-0.3, -0.25) is 9.78 Å². The number of nitrogens with zero attached hydrogens (tertiary/aromatic N) is 1. The molecule has 2 rings (SSSR count). The van der Waals surface area contributed by atoms with Crippen molar-refractivity contribution in [1.29, 1.82) is 0 Å². The number of aromatic amines is 1. The maximum Gasteiger partial charge on any atom is 0.361 e. The molecule has 2 heterocycles. The highest BCUT2D eigenvalue weighted by atomic mass is 16.6. The highest BCUT2D eigenvalue weighted by Crippen LogP contribution is 2.37. The van der Waals surface area contributed by atoms with Crippen molar-refractivity contribution < 1.29 is 24.9 Å². The zero-order valence-corrected chi connectivity index (χ0v) is 10.9. The molecule has 4 N–H and O–H groups in total. The predicted octanol–water partition coefficient (Wildman–Crippen LogP) is -3.08. The molecule has 0 aliphatic carbocycles. The van der Waals surface area contributed by atoms with Crippen LogP contribution in [-0.2, 0) is 10.3 Å². The van der Waals surface area contributed by atoms with E-state index in [-0.39, 0.29) is 5.56 Å². The molecule has 0 aromatic carbocycles. The van der Waals surface area contributed by atoms with Crippen LogP contribution in [0.25, 0.3) is 0 Å². The minimum Gasteiger partial charge on any atom is -0.413 e. The number of ether oxygens (including phenoxy) is 1. The lowest BCUT2D eigenvalue weighted by Crippen LogP contribution is -2.45. The Bertz CT molecular complexity index is 610. The zero-order valence-electron chi connectivity index (χ0n) is 10.9. The number of aliphatic hydroxyl groups is 3. The molecular weight excluding hydrogens is 272 g/mol. The molecule has 0 radical (unpaired) electrons. The maximum absolute atomic E-state index is 11.9. The Labute approximate surface area is 113 Å². The van der Waals surface area contributed by atoms with Gasteiger partial charge in [-0.1, -0.05) is 0 Å². The van der Waals surface area contributed by atoms with Crippen LogP contribution in [-0.4, -0.2) is 57.1 Å². The molecule has 4 atom stereocenters. The van der Waals surface area contributed by atoms with Gasteiger partial charge in [-0.05, 0) is 6.92 Å². The first kappa shape index (κ1) is 14.7. The number of aromatic nitrogens is 2. The third-order valence-electron chi connectivity index (χ3n) is 3.49. The third-order valence-corrected chi connectivity index (χ3v) is 3.49. The summed E-state index contributed by atoms with van der Waals surface area (Å²) >= 11 is 0. The highest BCUT2D eigenvalue weighted by molar-refractivity contribution is 5.20. The summed E-state index contributed by atoms with van der Waals surface area (Å²) in [4.78, 5) is 30.1. The van der Waals surface area contributed by atoms with Gasteiger partial charge in [0, 0.05) is 0 Å². The summed E-state index contributed by atoms with van der Waals surface area (Å²) in [6.45, 7) is 0.862. The molecule has 1 fully saturated rings. The van der Waals surface area contributed by atoms with E-state index in [1.165, 1.54) is 14.0 Å². The fourth-order valence-electron chi connectivity index (χ4n) is 2.29. The van der Waals surface area contributed by atoms with Crippen LogP contribution in [0.4, 0.5) is 0 Å². The molecule has 0 amide bonds. The van der Waals surface area contributed by atoms with Crippen molar-refractivity contribution in [2.45, 2.75) is 30.8 Å². The third kappa shape index (κ3) is 2.04. The average molecular weight is 288 g/mol. The molecule has 0 bridgehead atoms. The smallest absolute Gasteiger partial charge is 0.361 e. The number of nitrogens with one attached hydrogen (secondary N) is 1. The molecular formula is C11H16N2O7. The van der Waals surface area contributed by atoms with Gasteiger partial charge in [-0.15, -0.1) is 4.73 Å². The van der Waals surface area contributed by atoms with Crippen molar-refractivity contribution in [3.05, 3.63) is 32.6 Å². The van der Waals surface area contributed by atoms with Crippen molar-refractivity contribution >= 4 is 0 Å². The van der Waals surface area contributed by atoms with Gasteiger partial charge in [0.05, 0.1) is 18.4 Å². The van der Waals surface area contributed by atoms with E-state index in [0.717, 1.165) is 10.9 Å². The Kier molecular flexibility index (Phi) is 3.69. The van der Waals surface area contributed by atoms with Gasteiger partial charge in [0.15, 0.2) is 0 Å². The van der Waals surface area contributed by atoms with Crippen LogP contribution in [0.2, 0.25) is 0 Å². The Balaban J connectivity index is 2.56. The van der Waals surface area contributed by atoms with Crippen LogP contribution in [0.5, 0.6) is 0 Å². The minimum absolute atomic E-state index is 0.0959. The van der Waals surface area contributed by atoms with Gasteiger partial charge in [-0.2, -0.15) is 0 Å². The number of hydrogen-bond acceptors (Lipinski definition) is 7. The van der Waals surface area contributed by atoms with Crippen molar-refractivity contribution in [2.75, 3.05) is 13.7 Å². The molecule has 1 saturated heterocycles. The Morgan fingerprint density at radius 1 is 1.50 bits per heavy atom. The van der Waals surface area contributed by atoms with E-state index >= 15 is 0 Å².